The van der Waals surface area contributed by atoms with Gasteiger partial charge in [-0.1, -0.05) is 24.3 Å². The topological polar surface area (TPSA) is 71.3 Å². The normalized spacial score (nSPS) is 16.0. The monoisotopic (exact) mass is 490 g/mol. The van der Waals surface area contributed by atoms with Crippen molar-refractivity contribution in [3.63, 3.8) is 0 Å². The number of benzene rings is 2. The van der Waals surface area contributed by atoms with Crippen LogP contribution in [0, 0.1) is 18.7 Å². The second-order valence-electron chi connectivity index (χ2n) is 8.84. The number of thioether (sulfide) groups is 1. The lowest BCUT2D eigenvalue weighted by atomic mass is 9.97. The maximum atomic E-state index is 14.1. The Morgan fingerprint density at radius 1 is 1.20 bits per heavy atom. The Morgan fingerprint density at radius 2 is 2.03 bits per heavy atom. The fourth-order valence-corrected chi connectivity index (χ4v) is 4.85. The first kappa shape index (κ1) is 23.4. The lowest BCUT2D eigenvalue weighted by molar-refractivity contribution is -0.125. The van der Waals surface area contributed by atoms with Gasteiger partial charge in [-0.25, -0.2) is 14.4 Å². The maximum Gasteiger partial charge on any atom is 0.231 e. The summed E-state index contributed by atoms with van der Waals surface area (Å²) >= 11 is 1.70. The number of carbonyl (C=O) groups excluding carboxylic acids is 1. The zero-order chi connectivity index (χ0) is 24.4. The van der Waals surface area contributed by atoms with Crippen LogP contribution < -0.4 is 10.2 Å². The molecule has 1 atom stereocenters. The summed E-state index contributed by atoms with van der Waals surface area (Å²) in [6, 6.07) is 15.1. The SMILES string of the molecule is CSc1ccc(CNC(=O)[C@H]2CCCN(c3ncnc4oc(-c5ccc(C)c(F)c5)cc34)C2)cc1. The molecule has 0 unspecified atom stereocenters. The molecular formula is C27H27FN4O2S. The van der Waals surface area contributed by atoms with E-state index in [1.807, 2.05) is 30.5 Å². The smallest absolute Gasteiger partial charge is 0.231 e. The minimum atomic E-state index is -0.278. The molecule has 3 heterocycles. The zero-order valence-electron chi connectivity index (χ0n) is 19.8. The number of aryl methyl sites for hydroxylation is 1. The van der Waals surface area contributed by atoms with E-state index < -0.39 is 0 Å². The molecule has 1 N–H and O–H groups in total. The molecule has 0 bridgehead atoms. The number of furan rings is 1. The van der Waals surface area contributed by atoms with Crippen LogP contribution in [0.3, 0.4) is 0 Å². The Morgan fingerprint density at radius 3 is 2.80 bits per heavy atom. The molecule has 6 nitrogen and oxygen atoms in total. The van der Waals surface area contributed by atoms with Gasteiger partial charge in [-0.05, 0) is 61.4 Å². The van der Waals surface area contributed by atoms with Crippen molar-refractivity contribution in [2.24, 2.45) is 5.92 Å². The molecule has 2 aromatic carbocycles. The van der Waals surface area contributed by atoms with E-state index in [0.717, 1.165) is 36.2 Å². The van der Waals surface area contributed by atoms with E-state index in [1.165, 1.54) is 17.3 Å². The van der Waals surface area contributed by atoms with Crippen molar-refractivity contribution in [1.29, 1.82) is 0 Å². The van der Waals surface area contributed by atoms with Crippen molar-refractivity contribution in [2.75, 3.05) is 24.2 Å². The molecule has 0 radical (unpaired) electrons. The van der Waals surface area contributed by atoms with Crippen molar-refractivity contribution in [1.82, 2.24) is 15.3 Å². The highest BCUT2D eigenvalue weighted by atomic mass is 32.2. The molecular weight excluding hydrogens is 463 g/mol. The lowest BCUT2D eigenvalue weighted by Gasteiger charge is -2.33. The number of nitrogens with one attached hydrogen (secondary N) is 1. The first-order chi connectivity index (χ1) is 17.0. The number of aromatic nitrogens is 2. The third-order valence-electron chi connectivity index (χ3n) is 6.48. The van der Waals surface area contributed by atoms with Crippen molar-refractivity contribution in [3.05, 3.63) is 71.8 Å². The van der Waals surface area contributed by atoms with Crippen LogP contribution in [0.1, 0.15) is 24.0 Å². The summed E-state index contributed by atoms with van der Waals surface area (Å²) in [4.78, 5) is 25.1. The summed E-state index contributed by atoms with van der Waals surface area (Å²) in [7, 11) is 0. The van der Waals surface area contributed by atoms with E-state index in [2.05, 4.69) is 32.3 Å². The molecule has 0 spiro atoms. The summed E-state index contributed by atoms with van der Waals surface area (Å²) in [5.74, 6) is 0.926. The molecule has 1 amide bonds. The fraction of sp³-hybridized carbons (Fsp3) is 0.296. The van der Waals surface area contributed by atoms with Gasteiger partial charge in [0.25, 0.3) is 0 Å². The van der Waals surface area contributed by atoms with Gasteiger partial charge in [-0.3, -0.25) is 4.79 Å². The number of carbonyl (C=O) groups is 1. The van der Waals surface area contributed by atoms with Gasteiger partial charge < -0.3 is 14.6 Å². The minimum Gasteiger partial charge on any atom is -0.438 e. The first-order valence-corrected chi connectivity index (χ1v) is 12.9. The second-order valence-corrected chi connectivity index (χ2v) is 9.72. The van der Waals surface area contributed by atoms with Crippen molar-refractivity contribution < 1.29 is 13.6 Å². The standard InChI is InChI=1S/C27H27FN4O2S/c1-17-5-8-19(12-23(17)28)24-13-22-25(30-16-31-27(22)34-24)32-11-3-4-20(15-32)26(33)29-14-18-6-9-21(35-2)10-7-18/h5-10,12-13,16,20H,3-4,11,14-15H2,1-2H3,(H,29,33)/t20-/m0/s1. The molecule has 4 aromatic rings. The Kier molecular flexibility index (Phi) is 6.72. The van der Waals surface area contributed by atoms with Crippen LogP contribution in [-0.2, 0) is 11.3 Å². The Labute approximate surface area is 207 Å². The van der Waals surface area contributed by atoms with Crippen LogP contribution in [0.2, 0.25) is 0 Å². The number of hydrogen-bond donors (Lipinski definition) is 1. The zero-order valence-corrected chi connectivity index (χ0v) is 20.6. The average Bonchev–Trinajstić information content (AvgIpc) is 3.34. The third-order valence-corrected chi connectivity index (χ3v) is 7.23. The van der Waals surface area contributed by atoms with Gasteiger partial charge in [0.1, 0.15) is 23.7 Å². The van der Waals surface area contributed by atoms with Crippen LogP contribution in [0.5, 0.6) is 0 Å². The van der Waals surface area contributed by atoms with E-state index in [4.69, 9.17) is 4.42 Å². The van der Waals surface area contributed by atoms with E-state index in [1.54, 1.807) is 24.8 Å². The summed E-state index contributed by atoms with van der Waals surface area (Å²) in [6.45, 7) is 3.61. The first-order valence-electron chi connectivity index (χ1n) is 11.7. The third kappa shape index (κ3) is 5.03. The number of nitrogens with zero attached hydrogens (tertiary/aromatic N) is 3. The highest BCUT2D eigenvalue weighted by molar-refractivity contribution is 7.98. The number of halogens is 1. The van der Waals surface area contributed by atoms with Gasteiger partial charge in [0.15, 0.2) is 0 Å². The number of piperidine rings is 1. The Hall–Kier alpha value is -3.39. The number of rotatable bonds is 6. The van der Waals surface area contributed by atoms with E-state index >= 15 is 0 Å². The molecule has 1 aliphatic rings. The molecule has 180 valence electrons. The van der Waals surface area contributed by atoms with Gasteiger partial charge in [-0.15, -0.1) is 11.8 Å². The molecule has 0 saturated carbocycles. The van der Waals surface area contributed by atoms with Crippen LogP contribution in [0.15, 0.2) is 64.2 Å². The highest BCUT2D eigenvalue weighted by Gasteiger charge is 2.28. The predicted octanol–water partition coefficient (Wildman–Crippen LogP) is 5.59. The Bertz CT molecular complexity index is 1360. The van der Waals surface area contributed by atoms with Gasteiger partial charge >= 0.3 is 0 Å². The largest absolute Gasteiger partial charge is 0.438 e. The Balaban J connectivity index is 1.31. The fourth-order valence-electron chi connectivity index (χ4n) is 4.44. The molecule has 35 heavy (non-hydrogen) atoms. The average molecular weight is 491 g/mol. The molecule has 5 rings (SSSR count). The molecule has 1 fully saturated rings. The van der Waals surface area contributed by atoms with Crippen LogP contribution >= 0.6 is 11.8 Å². The maximum absolute atomic E-state index is 14.1. The minimum absolute atomic E-state index is 0.0527. The van der Waals surface area contributed by atoms with Crippen LogP contribution in [-0.4, -0.2) is 35.2 Å². The number of amides is 1. The number of hydrogen-bond acceptors (Lipinski definition) is 6. The van der Waals surface area contributed by atoms with E-state index in [-0.39, 0.29) is 17.6 Å². The quantitative estimate of drug-likeness (QED) is 0.355. The lowest BCUT2D eigenvalue weighted by Crippen LogP contribution is -2.43. The predicted molar refractivity (Wildman–Crippen MR) is 137 cm³/mol. The van der Waals surface area contributed by atoms with Crippen molar-refractivity contribution >= 4 is 34.6 Å². The number of fused-ring (bicyclic) bond motifs is 1. The molecule has 1 saturated heterocycles. The molecule has 8 heteroatoms. The van der Waals surface area contributed by atoms with Gasteiger partial charge in [-0.2, -0.15) is 0 Å². The summed E-state index contributed by atoms with van der Waals surface area (Å²) in [5, 5.41) is 3.85. The van der Waals surface area contributed by atoms with Gasteiger partial charge in [0, 0.05) is 30.1 Å². The van der Waals surface area contributed by atoms with Crippen molar-refractivity contribution in [2.45, 2.75) is 31.2 Å². The summed E-state index contributed by atoms with van der Waals surface area (Å²) in [5.41, 5.74) is 2.77. The molecule has 1 aliphatic heterocycles. The summed E-state index contributed by atoms with van der Waals surface area (Å²) < 4.78 is 20.0. The molecule has 2 aromatic heterocycles. The van der Waals surface area contributed by atoms with Crippen LogP contribution in [0.4, 0.5) is 10.2 Å². The van der Waals surface area contributed by atoms with Crippen LogP contribution in [0.25, 0.3) is 22.4 Å². The van der Waals surface area contributed by atoms with E-state index in [0.29, 0.717) is 35.7 Å². The van der Waals surface area contributed by atoms with Gasteiger partial charge in [0.2, 0.25) is 11.6 Å². The van der Waals surface area contributed by atoms with E-state index in [9.17, 15) is 9.18 Å². The highest BCUT2D eigenvalue weighted by Crippen LogP contribution is 2.33. The summed E-state index contributed by atoms with van der Waals surface area (Å²) in [6.07, 6.45) is 5.24. The number of anilines is 1. The second kappa shape index (κ2) is 10.1. The van der Waals surface area contributed by atoms with Crippen molar-refractivity contribution in [3.8, 4) is 11.3 Å². The molecule has 0 aliphatic carbocycles. The van der Waals surface area contributed by atoms with Gasteiger partial charge in [0.05, 0.1) is 11.3 Å².